The molecule has 0 saturated heterocycles. The highest BCUT2D eigenvalue weighted by Gasteiger charge is 2.16. The van der Waals surface area contributed by atoms with Crippen LogP contribution in [0.15, 0.2) is 18.2 Å². The van der Waals surface area contributed by atoms with Gasteiger partial charge < -0.3 is 4.74 Å². The first-order valence-corrected chi connectivity index (χ1v) is 8.40. The molecule has 0 aliphatic heterocycles. The molecule has 0 atom stereocenters. The predicted molar refractivity (Wildman–Crippen MR) is 98.0 cm³/mol. The van der Waals surface area contributed by atoms with Crippen molar-refractivity contribution in [2.24, 2.45) is 0 Å². The van der Waals surface area contributed by atoms with Gasteiger partial charge in [-0.15, -0.1) is 0 Å². The third-order valence-corrected chi connectivity index (χ3v) is 4.72. The summed E-state index contributed by atoms with van der Waals surface area (Å²) in [5.74, 6) is -0.550. The molecule has 0 fully saturated rings. The van der Waals surface area contributed by atoms with Gasteiger partial charge >= 0.3 is 0 Å². The average Bonchev–Trinajstić information content (AvgIpc) is 2.84. The molecule has 2 rings (SSSR count). The fourth-order valence-corrected chi connectivity index (χ4v) is 2.68. The second kappa shape index (κ2) is 7.84. The first-order chi connectivity index (χ1) is 11.3. The van der Waals surface area contributed by atoms with Gasteiger partial charge in [0, 0.05) is 9.26 Å². The van der Waals surface area contributed by atoms with Crippen LogP contribution in [0, 0.1) is 17.4 Å². The highest BCUT2D eigenvalue weighted by atomic mass is 127. The Morgan fingerprint density at radius 1 is 1.29 bits per heavy atom. The molecule has 0 aliphatic rings. The number of aromatic nitrogens is 2. The number of ether oxygens (including phenoxy) is 1. The van der Waals surface area contributed by atoms with Crippen molar-refractivity contribution < 1.29 is 14.3 Å². The van der Waals surface area contributed by atoms with Crippen molar-refractivity contribution in [2.45, 2.75) is 20.4 Å². The fraction of sp³-hybridized carbons (Fsp3) is 0.267. The fourth-order valence-electron chi connectivity index (χ4n) is 2.08. The number of halogens is 2. The summed E-state index contributed by atoms with van der Waals surface area (Å²) in [7, 11) is 1.46. The number of aryl methyl sites for hydroxylation is 2. The van der Waals surface area contributed by atoms with E-state index in [1.165, 1.54) is 13.2 Å². The molecule has 128 valence electrons. The second-order valence-electron chi connectivity index (χ2n) is 5.05. The number of hydrogen-bond acceptors (Lipinski definition) is 4. The van der Waals surface area contributed by atoms with Crippen LogP contribution >= 0.6 is 34.2 Å². The number of hydrogen-bond donors (Lipinski definition) is 2. The average molecular weight is 463 g/mol. The van der Waals surface area contributed by atoms with E-state index in [-0.39, 0.29) is 12.1 Å². The smallest absolute Gasteiger partial charge is 0.273 e. The molecule has 1 aromatic carbocycles. The Labute approximate surface area is 157 Å². The first-order valence-electron chi connectivity index (χ1n) is 6.95. The maximum atomic E-state index is 12.2. The van der Waals surface area contributed by atoms with E-state index < -0.39 is 11.8 Å². The number of carbonyl (C=O) groups is 2. The van der Waals surface area contributed by atoms with Crippen molar-refractivity contribution in [3.8, 4) is 5.75 Å². The Morgan fingerprint density at radius 2 is 2.00 bits per heavy atom. The number of nitrogens with zero attached hydrogens (tertiary/aromatic N) is 2. The lowest BCUT2D eigenvalue weighted by atomic mass is 10.2. The second-order valence-corrected chi connectivity index (χ2v) is 6.62. The van der Waals surface area contributed by atoms with Gasteiger partial charge in [-0.3, -0.25) is 25.1 Å². The minimum atomic E-state index is -0.521. The predicted octanol–water partition coefficient (Wildman–Crippen LogP) is 2.23. The van der Waals surface area contributed by atoms with E-state index in [4.69, 9.17) is 16.3 Å². The van der Waals surface area contributed by atoms with Gasteiger partial charge in [-0.2, -0.15) is 5.10 Å². The number of amides is 2. The third-order valence-electron chi connectivity index (χ3n) is 3.20. The minimum absolute atomic E-state index is 0.00450. The number of hydrazine groups is 1. The van der Waals surface area contributed by atoms with Crippen molar-refractivity contribution >= 4 is 46.0 Å². The summed E-state index contributed by atoms with van der Waals surface area (Å²) < 4.78 is 7.49. The van der Waals surface area contributed by atoms with Gasteiger partial charge in [0.1, 0.15) is 12.3 Å². The van der Waals surface area contributed by atoms with E-state index in [1.807, 2.05) is 42.5 Å². The molecule has 0 spiro atoms. The summed E-state index contributed by atoms with van der Waals surface area (Å²) in [6, 6.07) is 5.00. The molecule has 2 amide bonds. The van der Waals surface area contributed by atoms with Gasteiger partial charge in [-0.25, -0.2) is 0 Å². The summed E-state index contributed by atoms with van der Waals surface area (Å²) in [5.41, 5.74) is 6.61. The molecule has 0 radical (unpaired) electrons. The van der Waals surface area contributed by atoms with E-state index in [1.54, 1.807) is 10.7 Å². The molecule has 1 heterocycles. The number of carbonyl (C=O) groups excluding carboxylic acids is 2. The zero-order valence-corrected chi connectivity index (χ0v) is 16.2. The quantitative estimate of drug-likeness (QED) is 0.539. The molecule has 1 aromatic heterocycles. The van der Waals surface area contributed by atoms with Crippen molar-refractivity contribution in [3.63, 3.8) is 0 Å². The zero-order valence-electron chi connectivity index (χ0n) is 13.3. The SMILES string of the molecule is COc1cc(I)c(Cl)cc1C(=O)NNC(=O)Cn1nc(C)cc1C. The molecular weight excluding hydrogens is 447 g/mol. The molecule has 7 nitrogen and oxygen atoms in total. The maximum absolute atomic E-state index is 12.2. The number of rotatable bonds is 4. The molecular formula is C15H16ClIN4O3. The molecule has 0 aliphatic carbocycles. The van der Waals surface area contributed by atoms with E-state index in [0.717, 1.165) is 15.0 Å². The molecule has 9 heteroatoms. The van der Waals surface area contributed by atoms with E-state index >= 15 is 0 Å². The topological polar surface area (TPSA) is 85.3 Å². The van der Waals surface area contributed by atoms with Gasteiger partial charge in [0.25, 0.3) is 11.8 Å². The summed E-state index contributed by atoms with van der Waals surface area (Å²) in [6.45, 7) is 3.70. The largest absolute Gasteiger partial charge is 0.496 e. The Hall–Kier alpha value is -1.81. The van der Waals surface area contributed by atoms with E-state index in [2.05, 4.69) is 16.0 Å². The molecule has 0 saturated carbocycles. The summed E-state index contributed by atoms with van der Waals surface area (Å²) in [6.07, 6.45) is 0. The Morgan fingerprint density at radius 3 is 2.58 bits per heavy atom. The number of methoxy groups -OCH3 is 1. The standard InChI is InChI=1S/C15H16ClIN4O3/c1-8-4-9(2)21(20-8)7-14(22)18-19-15(23)10-5-11(16)12(17)6-13(10)24-3/h4-6H,7H2,1-3H3,(H,18,22)(H,19,23). The Bertz CT molecular complexity index is 791. The summed E-state index contributed by atoms with van der Waals surface area (Å²) in [5, 5.41) is 4.62. The summed E-state index contributed by atoms with van der Waals surface area (Å²) >= 11 is 8.07. The van der Waals surface area contributed by atoms with Gasteiger partial charge in [0.2, 0.25) is 0 Å². The summed E-state index contributed by atoms with van der Waals surface area (Å²) in [4.78, 5) is 24.2. The van der Waals surface area contributed by atoms with Crippen LogP contribution in [0.3, 0.4) is 0 Å². The lowest BCUT2D eigenvalue weighted by Gasteiger charge is -2.12. The van der Waals surface area contributed by atoms with Crippen LogP contribution in [-0.2, 0) is 11.3 Å². The van der Waals surface area contributed by atoms with Crippen molar-refractivity contribution in [3.05, 3.63) is 43.7 Å². The van der Waals surface area contributed by atoms with E-state index in [9.17, 15) is 9.59 Å². The number of nitrogens with one attached hydrogen (secondary N) is 2. The highest BCUT2D eigenvalue weighted by Crippen LogP contribution is 2.28. The van der Waals surface area contributed by atoms with Crippen LogP contribution < -0.4 is 15.6 Å². The number of benzene rings is 1. The van der Waals surface area contributed by atoms with Gasteiger partial charge in [0.05, 0.1) is 23.4 Å². The molecule has 2 N–H and O–H groups in total. The van der Waals surface area contributed by atoms with Crippen LogP contribution in [0.25, 0.3) is 0 Å². The van der Waals surface area contributed by atoms with Crippen molar-refractivity contribution in [2.75, 3.05) is 7.11 Å². The van der Waals surface area contributed by atoms with Gasteiger partial charge in [-0.1, -0.05) is 11.6 Å². The molecule has 0 bridgehead atoms. The van der Waals surface area contributed by atoms with Gasteiger partial charge in [0.15, 0.2) is 0 Å². The minimum Gasteiger partial charge on any atom is -0.496 e. The highest BCUT2D eigenvalue weighted by molar-refractivity contribution is 14.1. The monoisotopic (exact) mass is 462 g/mol. The molecule has 0 unspecified atom stereocenters. The van der Waals surface area contributed by atoms with Gasteiger partial charge in [-0.05, 0) is 54.6 Å². The first kappa shape index (κ1) is 18.5. The van der Waals surface area contributed by atoms with Crippen LogP contribution in [0.4, 0.5) is 0 Å². The lowest BCUT2D eigenvalue weighted by Crippen LogP contribution is -2.43. The normalized spacial score (nSPS) is 10.4. The Balaban J connectivity index is 2.01. The molecule has 24 heavy (non-hydrogen) atoms. The van der Waals surface area contributed by atoms with Crippen molar-refractivity contribution in [1.82, 2.24) is 20.6 Å². The van der Waals surface area contributed by atoms with Crippen molar-refractivity contribution in [1.29, 1.82) is 0 Å². The Kier molecular flexibility index (Phi) is 6.05. The third kappa shape index (κ3) is 4.38. The van der Waals surface area contributed by atoms with Crippen LogP contribution in [-0.4, -0.2) is 28.7 Å². The zero-order chi connectivity index (χ0) is 17.9. The lowest BCUT2D eigenvalue weighted by molar-refractivity contribution is -0.122. The van der Waals surface area contributed by atoms with Crippen LogP contribution in [0.1, 0.15) is 21.7 Å². The van der Waals surface area contributed by atoms with Crippen LogP contribution in [0.5, 0.6) is 5.75 Å². The maximum Gasteiger partial charge on any atom is 0.273 e. The van der Waals surface area contributed by atoms with E-state index in [0.29, 0.717) is 10.8 Å². The van der Waals surface area contributed by atoms with Crippen LogP contribution in [0.2, 0.25) is 5.02 Å². The molecule has 2 aromatic rings.